The van der Waals surface area contributed by atoms with Crippen molar-refractivity contribution in [2.24, 2.45) is 0 Å². The minimum absolute atomic E-state index is 0.113. The summed E-state index contributed by atoms with van der Waals surface area (Å²) in [5.74, 6) is 0.856. The molecule has 126 valence electrons. The predicted octanol–water partition coefficient (Wildman–Crippen LogP) is 3.18. The minimum atomic E-state index is -0.113. The zero-order valence-electron chi connectivity index (χ0n) is 14.1. The Balaban J connectivity index is 1.68. The van der Waals surface area contributed by atoms with Crippen LogP contribution < -0.4 is 10.2 Å². The van der Waals surface area contributed by atoms with Crippen LogP contribution in [0.4, 0.5) is 5.82 Å². The largest absolute Gasteiger partial charge is 0.356 e. The number of hydrogen-bond acceptors (Lipinski definition) is 4. The SMILES string of the molecule is CN(c1ncccc1CNC(=O)c1cccnc1)C1CCCCC1. The fourth-order valence-electron chi connectivity index (χ4n) is 3.30. The van der Waals surface area contributed by atoms with E-state index in [2.05, 4.69) is 27.2 Å². The van der Waals surface area contributed by atoms with Gasteiger partial charge in [-0.2, -0.15) is 0 Å². The number of nitrogens with zero attached hydrogens (tertiary/aromatic N) is 3. The molecule has 1 amide bonds. The van der Waals surface area contributed by atoms with E-state index in [0.717, 1.165) is 11.4 Å². The van der Waals surface area contributed by atoms with Crippen LogP contribution in [0, 0.1) is 0 Å². The van der Waals surface area contributed by atoms with E-state index in [-0.39, 0.29) is 5.91 Å². The summed E-state index contributed by atoms with van der Waals surface area (Å²) in [5, 5.41) is 2.97. The summed E-state index contributed by atoms with van der Waals surface area (Å²) in [5.41, 5.74) is 1.62. The van der Waals surface area contributed by atoms with Gasteiger partial charge in [-0.05, 0) is 31.0 Å². The maximum absolute atomic E-state index is 12.2. The summed E-state index contributed by atoms with van der Waals surface area (Å²) in [6, 6.07) is 8.03. The van der Waals surface area contributed by atoms with Gasteiger partial charge in [-0.25, -0.2) is 4.98 Å². The number of carbonyl (C=O) groups excluding carboxylic acids is 1. The molecule has 5 nitrogen and oxygen atoms in total. The Morgan fingerprint density at radius 1 is 1.21 bits per heavy atom. The Morgan fingerprint density at radius 2 is 2.00 bits per heavy atom. The van der Waals surface area contributed by atoms with E-state index >= 15 is 0 Å². The van der Waals surface area contributed by atoms with Crippen LogP contribution in [0.25, 0.3) is 0 Å². The molecule has 24 heavy (non-hydrogen) atoms. The van der Waals surface area contributed by atoms with Gasteiger partial charge in [0, 0.05) is 43.8 Å². The number of rotatable bonds is 5. The van der Waals surface area contributed by atoms with Crippen molar-refractivity contribution < 1.29 is 4.79 Å². The lowest BCUT2D eigenvalue weighted by Crippen LogP contribution is -2.35. The molecular formula is C19H24N4O. The third kappa shape index (κ3) is 3.91. The second-order valence-corrected chi connectivity index (χ2v) is 6.31. The van der Waals surface area contributed by atoms with Crippen LogP contribution in [0.3, 0.4) is 0 Å². The topological polar surface area (TPSA) is 58.1 Å². The molecule has 1 N–H and O–H groups in total. The van der Waals surface area contributed by atoms with Crippen LogP contribution in [0.2, 0.25) is 0 Å². The molecule has 2 aromatic rings. The van der Waals surface area contributed by atoms with Crippen molar-refractivity contribution in [2.75, 3.05) is 11.9 Å². The van der Waals surface area contributed by atoms with Crippen LogP contribution in [0.5, 0.6) is 0 Å². The highest BCUT2D eigenvalue weighted by Gasteiger charge is 2.21. The first-order valence-corrected chi connectivity index (χ1v) is 8.60. The third-order valence-electron chi connectivity index (χ3n) is 4.69. The van der Waals surface area contributed by atoms with Crippen LogP contribution in [0.15, 0.2) is 42.9 Å². The molecule has 1 aliphatic carbocycles. The van der Waals surface area contributed by atoms with E-state index in [4.69, 9.17) is 0 Å². The molecule has 0 aliphatic heterocycles. The number of carbonyl (C=O) groups is 1. The summed E-state index contributed by atoms with van der Waals surface area (Å²) in [7, 11) is 2.12. The van der Waals surface area contributed by atoms with Crippen molar-refractivity contribution in [3.63, 3.8) is 0 Å². The number of amides is 1. The van der Waals surface area contributed by atoms with E-state index in [1.807, 2.05) is 18.3 Å². The minimum Gasteiger partial charge on any atom is -0.356 e. The summed E-state index contributed by atoms with van der Waals surface area (Å²) < 4.78 is 0. The van der Waals surface area contributed by atoms with Gasteiger partial charge < -0.3 is 10.2 Å². The van der Waals surface area contributed by atoms with Crippen LogP contribution >= 0.6 is 0 Å². The second-order valence-electron chi connectivity index (χ2n) is 6.31. The molecule has 2 heterocycles. The molecule has 3 rings (SSSR count). The average Bonchev–Trinajstić information content (AvgIpc) is 2.67. The van der Waals surface area contributed by atoms with Gasteiger partial charge in [-0.3, -0.25) is 9.78 Å². The Morgan fingerprint density at radius 3 is 2.75 bits per heavy atom. The zero-order valence-corrected chi connectivity index (χ0v) is 14.1. The van der Waals surface area contributed by atoms with Crippen molar-refractivity contribution in [1.82, 2.24) is 15.3 Å². The van der Waals surface area contributed by atoms with E-state index in [1.54, 1.807) is 24.5 Å². The maximum atomic E-state index is 12.2. The molecule has 0 radical (unpaired) electrons. The van der Waals surface area contributed by atoms with Gasteiger partial charge in [-0.15, -0.1) is 0 Å². The number of anilines is 1. The molecule has 2 aromatic heterocycles. The van der Waals surface area contributed by atoms with E-state index in [9.17, 15) is 4.79 Å². The third-order valence-corrected chi connectivity index (χ3v) is 4.69. The molecule has 1 aliphatic rings. The van der Waals surface area contributed by atoms with Gasteiger partial charge in [0.15, 0.2) is 0 Å². The molecule has 0 unspecified atom stereocenters. The van der Waals surface area contributed by atoms with Gasteiger partial charge in [0.05, 0.1) is 5.56 Å². The van der Waals surface area contributed by atoms with Crippen LogP contribution in [-0.4, -0.2) is 29.0 Å². The van der Waals surface area contributed by atoms with Crippen molar-refractivity contribution in [2.45, 2.75) is 44.7 Å². The normalized spacial score (nSPS) is 15.0. The number of aromatic nitrogens is 2. The van der Waals surface area contributed by atoms with E-state index in [1.165, 1.54) is 32.1 Å². The quantitative estimate of drug-likeness (QED) is 0.918. The molecular weight excluding hydrogens is 300 g/mol. The van der Waals surface area contributed by atoms with Gasteiger partial charge in [0.2, 0.25) is 0 Å². The molecule has 1 fully saturated rings. The van der Waals surface area contributed by atoms with Crippen molar-refractivity contribution in [1.29, 1.82) is 0 Å². The Hall–Kier alpha value is -2.43. The summed E-state index contributed by atoms with van der Waals surface area (Å²) >= 11 is 0. The van der Waals surface area contributed by atoms with Gasteiger partial charge in [-0.1, -0.05) is 25.3 Å². The van der Waals surface area contributed by atoms with Gasteiger partial charge >= 0.3 is 0 Å². The summed E-state index contributed by atoms with van der Waals surface area (Å²) in [4.78, 5) is 23.1. The molecule has 0 atom stereocenters. The van der Waals surface area contributed by atoms with Crippen molar-refractivity contribution in [3.05, 3.63) is 54.0 Å². The van der Waals surface area contributed by atoms with Gasteiger partial charge in [0.1, 0.15) is 5.82 Å². The van der Waals surface area contributed by atoms with Crippen molar-refractivity contribution >= 4 is 11.7 Å². The highest BCUT2D eigenvalue weighted by molar-refractivity contribution is 5.93. The lowest BCUT2D eigenvalue weighted by atomic mass is 9.94. The fraction of sp³-hybridized carbons (Fsp3) is 0.421. The Bertz CT molecular complexity index is 668. The summed E-state index contributed by atoms with van der Waals surface area (Å²) in [6.45, 7) is 0.466. The lowest BCUT2D eigenvalue weighted by molar-refractivity contribution is 0.0950. The maximum Gasteiger partial charge on any atom is 0.253 e. The number of nitrogens with one attached hydrogen (secondary N) is 1. The standard InChI is InChI=1S/C19H24N4O/c1-23(17-9-3-2-4-10-17)18-15(7-6-12-21-18)14-22-19(24)16-8-5-11-20-13-16/h5-8,11-13,17H,2-4,9-10,14H2,1H3,(H,22,24). The van der Waals surface area contributed by atoms with Crippen molar-refractivity contribution in [3.8, 4) is 0 Å². The smallest absolute Gasteiger partial charge is 0.253 e. The second kappa shape index (κ2) is 7.90. The van der Waals surface area contributed by atoms with Crippen LogP contribution in [-0.2, 0) is 6.54 Å². The first-order valence-electron chi connectivity index (χ1n) is 8.60. The lowest BCUT2D eigenvalue weighted by Gasteiger charge is -2.33. The highest BCUT2D eigenvalue weighted by Crippen LogP contribution is 2.26. The highest BCUT2D eigenvalue weighted by atomic mass is 16.1. The fourth-order valence-corrected chi connectivity index (χ4v) is 3.30. The van der Waals surface area contributed by atoms with E-state index < -0.39 is 0 Å². The Labute approximate surface area is 143 Å². The monoisotopic (exact) mass is 324 g/mol. The number of hydrogen-bond donors (Lipinski definition) is 1. The average molecular weight is 324 g/mol. The summed E-state index contributed by atoms with van der Waals surface area (Å²) in [6.07, 6.45) is 11.4. The van der Waals surface area contributed by atoms with Crippen LogP contribution in [0.1, 0.15) is 48.0 Å². The Kier molecular flexibility index (Phi) is 5.41. The molecule has 5 heteroatoms. The number of pyridine rings is 2. The molecule has 0 spiro atoms. The van der Waals surface area contributed by atoms with Gasteiger partial charge in [0.25, 0.3) is 5.91 Å². The molecule has 0 aromatic carbocycles. The van der Waals surface area contributed by atoms with E-state index in [0.29, 0.717) is 18.2 Å². The molecule has 0 saturated heterocycles. The first kappa shape index (κ1) is 16.4. The first-order chi connectivity index (χ1) is 11.8. The zero-order chi connectivity index (χ0) is 16.8. The molecule has 0 bridgehead atoms. The molecule has 1 saturated carbocycles. The predicted molar refractivity (Wildman–Crippen MR) is 94.9 cm³/mol.